The Kier molecular flexibility index (Phi) is 4.70. The largest absolute Gasteiger partial charge is 0.380 e. The maximum atomic E-state index is 12.5. The van der Waals surface area contributed by atoms with Crippen molar-refractivity contribution in [2.75, 3.05) is 26.8 Å². The molecule has 0 saturated carbocycles. The fraction of sp³-hybridized carbons (Fsp3) is 0.429. The lowest BCUT2D eigenvalue weighted by molar-refractivity contribution is -0.133. The zero-order valence-corrected chi connectivity index (χ0v) is 11.4. The van der Waals surface area contributed by atoms with E-state index in [-0.39, 0.29) is 12.5 Å². The van der Waals surface area contributed by atoms with Crippen LogP contribution in [-0.2, 0) is 20.9 Å². The lowest BCUT2D eigenvalue weighted by atomic mass is 10.1. The average molecular weight is 278 g/mol. The molecular weight excluding hydrogens is 260 g/mol. The van der Waals surface area contributed by atoms with E-state index in [1.165, 1.54) is 0 Å². The first-order valence-corrected chi connectivity index (χ1v) is 6.40. The molecule has 0 aromatic heterocycles. The van der Waals surface area contributed by atoms with Gasteiger partial charge >= 0.3 is 0 Å². The number of nitrogens with two attached hydrogens (primary N) is 1. The Morgan fingerprint density at radius 1 is 1.45 bits per heavy atom. The Balaban J connectivity index is 2.16. The van der Waals surface area contributed by atoms with Gasteiger partial charge in [-0.2, -0.15) is 0 Å². The second kappa shape index (κ2) is 6.49. The number of benzene rings is 1. The first-order chi connectivity index (χ1) is 9.63. The molecule has 108 valence electrons. The van der Waals surface area contributed by atoms with Crippen LogP contribution >= 0.6 is 0 Å². The summed E-state index contributed by atoms with van der Waals surface area (Å²) in [5.74, 6) is -0.681. The van der Waals surface area contributed by atoms with Crippen molar-refractivity contribution in [3.8, 4) is 0 Å². The van der Waals surface area contributed by atoms with Gasteiger partial charge in [-0.05, 0) is 11.6 Å². The number of primary amides is 1. The van der Waals surface area contributed by atoms with E-state index in [4.69, 9.17) is 15.2 Å². The van der Waals surface area contributed by atoms with Gasteiger partial charge in [-0.25, -0.2) is 0 Å². The molecular formula is C14H18N2O4. The Hall–Kier alpha value is -1.92. The van der Waals surface area contributed by atoms with Crippen LogP contribution in [0.5, 0.6) is 0 Å². The Morgan fingerprint density at radius 3 is 2.90 bits per heavy atom. The summed E-state index contributed by atoms with van der Waals surface area (Å²) in [4.78, 5) is 25.3. The molecule has 0 spiro atoms. The minimum atomic E-state index is -0.734. The molecule has 1 heterocycles. The number of rotatable bonds is 4. The number of carbonyl (C=O) groups is 2. The molecule has 1 unspecified atom stereocenters. The smallest absolute Gasteiger partial charge is 0.254 e. The van der Waals surface area contributed by atoms with Crippen LogP contribution in [0.3, 0.4) is 0 Å². The van der Waals surface area contributed by atoms with Crippen molar-refractivity contribution in [2.24, 2.45) is 5.73 Å². The highest BCUT2D eigenvalue weighted by Crippen LogP contribution is 2.15. The fourth-order valence-electron chi connectivity index (χ4n) is 2.19. The van der Waals surface area contributed by atoms with Crippen LogP contribution in [0, 0.1) is 0 Å². The monoisotopic (exact) mass is 278 g/mol. The highest BCUT2D eigenvalue weighted by atomic mass is 16.5. The minimum absolute atomic E-state index is 0.132. The summed E-state index contributed by atoms with van der Waals surface area (Å²) in [5.41, 5.74) is 6.63. The zero-order chi connectivity index (χ0) is 14.5. The van der Waals surface area contributed by atoms with Crippen LogP contribution in [0.1, 0.15) is 15.9 Å². The Labute approximate surface area is 117 Å². The molecule has 0 aliphatic carbocycles. The third-order valence-electron chi connectivity index (χ3n) is 3.22. The highest BCUT2D eigenvalue weighted by Gasteiger charge is 2.29. The van der Waals surface area contributed by atoms with Gasteiger partial charge in [-0.1, -0.05) is 18.2 Å². The molecule has 1 fully saturated rings. The van der Waals surface area contributed by atoms with E-state index >= 15 is 0 Å². The topological polar surface area (TPSA) is 81.9 Å². The molecule has 20 heavy (non-hydrogen) atoms. The number of morpholine rings is 1. The van der Waals surface area contributed by atoms with Gasteiger partial charge in [-0.3, -0.25) is 9.59 Å². The maximum Gasteiger partial charge on any atom is 0.254 e. The third-order valence-corrected chi connectivity index (χ3v) is 3.22. The SMILES string of the molecule is COCc1ccccc1C(=O)N1CCOC(C(N)=O)C1. The quantitative estimate of drug-likeness (QED) is 0.850. The van der Waals surface area contributed by atoms with Crippen LogP contribution in [0.15, 0.2) is 24.3 Å². The van der Waals surface area contributed by atoms with Crippen molar-refractivity contribution in [2.45, 2.75) is 12.7 Å². The second-order valence-corrected chi connectivity index (χ2v) is 4.60. The van der Waals surface area contributed by atoms with Gasteiger partial charge in [0.05, 0.1) is 19.8 Å². The van der Waals surface area contributed by atoms with E-state index in [0.29, 0.717) is 25.3 Å². The summed E-state index contributed by atoms with van der Waals surface area (Å²) in [6, 6.07) is 7.27. The van der Waals surface area contributed by atoms with E-state index in [9.17, 15) is 9.59 Å². The molecule has 2 rings (SSSR count). The van der Waals surface area contributed by atoms with E-state index in [1.807, 2.05) is 12.1 Å². The number of hydrogen-bond acceptors (Lipinski definition) is 4. The van der Waals surface area contributed by atoms with E-state index < -0.39 is 12.0 Å². The molecule has 6 heteroatoms. The van der Waals surface area contributed by atoms with Crippen LogP contribution in [-0.4, -0.2) is 49.6 Å². The molecule has 1 aliphatic heterocycles. The molecule has 2 amide bonds. The molecule has 1 atom stereocenters. The molecule has 0 bridgehead atoms. The molecule has 1 aliphatic rings. The van der Waals surface area contributed by atoms with Crippen LogP contribution in [0.25, 0.3) is 0 Å². The summed E-state index contributed by atoms with van der Waals surface area (Å²) in [7, 11) is 1.58. The van der Waals surface area contributed by atoms with Crippen molar-refractivity contribution in [3.63, 3.8) is 0 Å². The minimum Gasteiger partial charge on any atom is -0.380 e. The maximum absolute atomic E-state index is 12.5. The molecule has 0 radical (unpaired) electrons. The predicted octanol–water partition coefficient (Wildman–Crippen LogP) is 0.159. The molecule has 1 saturated heterocycles. The lowest BCUT2D eigenvalue weighted by Gasteiger charge is -2.31. The first-order valence-electron chi connectivity index (χ1n) is 6.40. The van der Waals surface area contributed by atoms with Crippen molar-refractivity contribution in [1.82, 2.24) is 4.90 Å². The standard InChI is InChI=1S/C14H18N2O4/c1-19-9-10-4-2-3-5-11(10)14(18)16-6-7-20-12(8-16)13(15)17/h2-5,12H,6-9H2,1H3,(H2,15,17). The van der Waals surface area contributed by atoms with Crippen molar-refractivity contribution in [3.05, 3.63) is 35.4 Å². The number of amides is 2. The molecule has 6 nitrogen and oxygen atoms in total. The Morgan fingerprint density at radius 2 is 2.20 bits per heavy atom. The van der Waals surface area contributed by atoms with Crippen LogP contribution in [0.4, 0.5) is 0 Å². The van der Waals surface area contributed by atoms with Crippen LogP contribution in [0.2, 0.25) is 0 Å². The molecule has 1 aromatic carbocycles. The van der Waals surface area contributed by atoms with E-state index in [2.05, 4.69) is 0 Å². The van der Waals surface area contributed by atoms with Gasteiger partial charge in [0, 0.05) is 19.2 Å². The van der Waals surface area contributed by atoms with Gasteiger partial charge in [0.2, 0.25) is 5.91 Å². The van der Waals surface area contributed by atoms with Gasteiger partial charge in [0.1, 0.15) is 0 Å². The molecule has 1 aromatic rings. The molecule has 2 N–H and O–H groups in total. The Bertz CT molecular complexity index is 504. The number of hydrogen-bond donors (Lipinski definition) is 1. The highest BCUT2D eigenvalue weighted by molar-refractivity contribution is 5.96. The summed E-state index contributed by atoms with van der Waals surface area (Å²) in [6.45, 7) is 1.32. The number of carbonyl (C=O) groups excluding carboxylic acids is 2. The predicted molar refractivity (Wildman–Crippen MR) is 72.0 cm³/mol. The van der Waals surface area contributed by atoms with Gasteiger partial charge < -0.3 is 20.1 Å². The number of methoxy groups -OCH3 is 1. The second-order valence-electron chi connectivity index (χ2n) is 4.60. The summed E-state index contributed by atoms with van der Waals surface area (Å²) >= 11 is 0. The van der Waals surface area contributed by atoms with E-state index in [1.54, 1.807) is 24.1 Å². The summed E-state index contributed by atoms with van der Waals surface area (Å²) in [5, 5.41) is 0. The summed E-state index contributed by atoms with van der Waals surface area (Å²) in [6.07, 6.45) is -0.734. The van der Waals surface area contributed by atoms with Crippen LogP contribution < -0.4 is 5.73 Å². The fourth-order valence-corrected chi connectivity index (χ4v) is 2.19. The number of nitrogens with zero attached hydrogens (tertiary/aromatic N) is 1. The van der Waals surface area contributed by atoms with E-state index in [0.717, 1.165) is 5.56 Å². The van der Waals surface area contributed by atoms with Crippen molar-refractivity contribution < 1.29 is 19.1 Å². The van der Waals surface area contributed by atoms with Crippen molar-refractivity contribution >= 4 is 11.8 Å². The third kappa shape index (κ3) is 3.15. The van der Waals surface area contributed by atoms with Crippen molar-refractivity contribution in [1.29, 1.82) is 0 Å². The first kappa shape index (κ1) is 14.5. The van der Waals surface area contributed by atoms with Gasteiger partial charge in [0.25, 0.3) is 5.91 Å². The average Bonchev–Trinajstić information content (AvgIpc) is 2.47. The summed E-state index contributed by atoms with van der Waals surface area (Å²) < 4.78 is 10.3. The lowest BCUT2D eigenvalue weighted by Crippen LogP contribution is -2.50. The van der Waals surface area contributed by atoms with Gasteiger partial charge in [-0.15, -0.1) is 0 Å². The van der Waals surface area contributed by atoms with Gasteiger partial charge in [0.15, 0.2) is 6.10 Å². The normalized spacial score (nSPS) is 18.9. The number of ether oxygens (including phenoxy) is 2. The zero-order valence-electron chi connectivity index (χ0n) is 11.4.